The summed E-state index contributed by atoms with van der Waals surface area (Å²) in [5.74, 6) is -0.978. The number of nitrogens with zero attached hydrogens (tertiary/aromatic N) is 1. The molecule has 2 aliphatic rings. The van der Waals surface area contributed by atoms with Crippen molar-refractivity contribution >= 4 is 29.0 Å². The molecule has 4 rings (SSSR count). The Morgan fingerprint density at radius 1 is 1.00 bits per heavy atom. The quantitative estimate of drug-likeness (QED) is 0.633. The van der Waals surface area contributed by atoms with E-state index in [9.17, 15) is 9.59 Å². The van der Waals surface area contributed by atoms with E-state index < -0.39 is 5.92 Å². The lowest BCUT2D eigenvalue weighted by molar-refractivity contribution is 0.0816. The van der Waals surface area contributed by atoms with E-state index in [1.165, 1.54) is 6.26 Å². The summed E-state index contributed by atoms with van der Waals surface area (Å²) in [4.78, 5) is 27.7. The number of ether oxygens (including phenoxy) is 1. The molecule has 0 saturated carbocycles. The van der Waals surface area contributed by atoms with E-state index in [0.717, 1.165) is 11.3 Å². The number of allylic oxidation sites excluding steroid dienone is 3. The molecule has 2 aromatic rings. The lowest BCUT2D eigenvalue weighted by Crippen LogP contribution is -2.24. The van der Waals surface area contributed by atoms with Gasteiger partial charge in [-0.15, -0.1) is 0 Å². The van der Waals surface area contributed by atoms with Gasteiger partial charge in [0.15, 0.2) is 11.6 Å². The van der Waals surface area contributed by atoms with Crippen LogP contribution < -0.4 is 10.6 Å². The molecule has 0 bridgehead atoms. The summed E-state index contributed by atoms with van der Waals surface area (Å²) < 4.78 is 5.56. The van der Waals surface area contributed by atoms with Crippen molar-refractivity contribution in [1.29, 1.82) is 0 Å². The minimum atomic E-state index is -0.794. The Labute approximate surface area is 169 Å². The van der Waals surface area contributed by atoms with Crippen LogP contribution in [0.2, 0.25) is 0 Å². The largest absolute Gasteiger partial charge is 0.466 e. The molecule has 2 unspecified atom stereocenters. The summed E-state index contributed by atoms with van der Waals surface area (Å²) in [6.45, 7) is 0. The molecule has 5 nitrogen and oxygen atoms in total. The summed E-state index contributed by atoms with van der Waals surface area (Å²) in [7, 11) is 3.99. The Hall–Kier alpha value is -3.60. The van der Waals surface area contributed by atoms with E-state index in [4.69, 9.17) is 10.5 Å². The molecular formula is C24H22N2O3. The fourth-order valence-electron chi connectivity index (χ4n) is 3.70. The molecule has 0 aromatic heterocycles. The number of ketones is 2. The molecule has 5 heteroatoms. The van der Waals surface area contributed by atoms with Gasteiger partial charge < -0.3 is 15.4 Å². The molecule has 0 radical (unpaired) electrons. The molecular weight excluding hydrogens is 364 g/mol. The lowest BCUT2D eigenvalue weighted by Gasteiger charge is -2.18. The molecule has 2 N–H and O–H groups in total. The first-order valence-corrected chi connectivity index (χ1v) is 9.43. The van der Waals surface area contributed by atoms with E-state index in [2.05, 4.69) is 0 Å². The predicted octanol–water partition coefficient (Wildman–Crippen LogP) is 4.09. The van der Waals surface area contributed by atoms with Gasteiger partial charge in [-0.3, -0.25) is 9.59 Å². The Morgan fingerprint density at radius 2 is 1.76 bits per heavy atom. The molecule has 0 amide bonds. The number of anilines is 2. The summed E-state index contributed by atoms with van der Waals surface area (Å²) >= 11 is 0. The molecule has 0 spiro atoms. The van der Waals surface area contributed by atoms with Crippen LogP contribution in [0.5, 0.6) is 0 Å². The summed E-state index contributed by atoms with van der Waals surface area (Å²) in [5.41, 5.74) is 9.19. The van der Waals surface area contributed by atoms with Crippen LogP contribution in [0.15, 0.2) is 72.7 Å². The minimum absolute atomic E-state index is 0.187. The van der Waals surface area contributed by atoms with Crippen LogP contribution in [0.25, 0.3) is 6.08 Å². The fourth-order valence-corrected chi connectivity index (χ4v) is 3.70. The smallest absolute Gasteiger partial charge is 0.177 e. The van der Waals surface area contributed by atoms with Crippen molar-refractivity contribution in [3.8, 4) is 0 Å². The van der Waals surface area contributed by atoms with E-state index in [-0.39, 0.29) is 17.5 Å². The zero-order chi connectivity index (χ0) is 20.5. The average molecular weight is 386 g/mol. The second kappa shape index (κ2) is 7.43. The number of hydrogen-bond acceptors (Lipinski definition) is 5. The van der Waals surface area contributed by atoms with Crippen LogP contribution in [0, 0.1) is 11.8 Å². The van der Waals surface area contributed by atoms with Crippen LogP contribution in [0.1, 0.15) is 26.3 Å². The standard InChI is InChI=1S/C24H22N2O3/c1-26(2)17-9-6-15(7-10-17)8-11-18-14-16(12-13-29-18)21-23(27)19-4-3-5-20(25)22(19)24(21)28/h3-14,16,21H,25H2,1-2H3/b11-8+. The molecule has 2 atom stereocenters. The highest BCUT2D eigenvalue weighted by molar-refractivity contribution is 6.28. The number of Topliss-reactive ketones (excluding diaryl/α,β-unsaturated/α-hetero) is 2. The van der Waals surface area contributed by atoms with Gasteiger partial charge in [-0.1, -0.05) is 30.3 Å². The van der Waals surface area contributed by atoms with Crippen molar-refractivity contribution in [1.82, 2.24) is 0 Å². The van der Waals surface area contributed by atoms with Gasteiger partial charge in [0.1, 0.15) is 5.76 Å². The van der Waals surface area contributed by atoms with Crippen molar-refractivity contribution in [2.24, 2.45) is 11.8 Å². The third-order valence-corrected chi connectivity index (χ3v) is 5.27. The Balaban J connectivity index is 1.55. The molecule has 0 fully saturated rings. The highest BCUT2D eigenvalue weighted by atomic mass is 16.5. The number of rotatable bonds is 4. The van der Waals surface area contributed by atoms with Crippen LogP contribution in [-0.4, -0.2) is 25.7 Å². The van der Waals surface area contributed by atoms with Gasteiger partial charge in [0, 0.05) is 37.0 Å². The van der Waals surface area contributed by atoms with Gasteiger partial charge >= 0.3 is 0 Å². The maximum absolute atomic E-state index is 12.9. The highest BCUT2D eigenvalue weighted by Crippen LogP contribution is 2.37. The molecule has 0 saturated heterocycles. The first-order valence-electron chi connectivity index (χ1n) is 9.43. The Kier molecular flexibility index (Phi) is 4.80. The summed E-state index contributed by atoms with van der Waals surface area (Å²) in [6, 6.07) is 13.1. The number of fused-ring (bicyclic) bond motifs is 1. The van der Waals surface area contributed by atoms with Gasteiger partial charge in [-0.25, -0.2) is 0 Å². The lowest BCUT2D eigenvalue weighted by atomic mass is 9.86. The van der Waals surface area contributed by atoms with Crippen LogP contribution in [0.4, 0.5) is 11.4 Å². The monoisotopic (exact) mass is 386 g/mol. The zero-order valence-electron chi connectivity index (χ0n) is 16.3. The SMILES string of the molecule is CN(C)c1ccc(/C=C/C2=CC(C3C(=O)c4cccc(N)c4C3=O)C=CO2)cc1. The number of benzene rings is 2. The van der Waals surface area contributed by atoms with Crippen molar-refractivity contribution in [3.05, 3.63) is 89.4 Å². The minimum Gasteiger partial charge on any atom is -0.466 e. The normalized spacial score (nSPS) is 20.6. The van der Waals surface area contributed by atoms with Crippen LogP contribution in [0.3, 0.4) is 0 Å². The van der Waals surface area contributed by atoms with E-state index in [0.29, 0.717) is 22.6 Å². The average Bonchev–Trinajstić information content (AvgIpc) is 2.98. The number of carbonyl (C=O) groups excluding carboxylic acids is 2. The predicted molar refractivity (Wildman–Crippen MR) is 115 cm³/mol. The van der Waals surface area contributed by atoms with Gasteiger partial charge in [0.05, 0.1) is 17.7 Å². The van der Waals surface area contributed by atoms with Crippen molar-refractivity contribution in [2.45, 2.75) is 0 Å². The molecule has 146 valence electrons. The Bertz CT molecular complexity index is 1060. The molecule has 29 heavy (non-hydrogen) atoms. The number of nitrogen functional groups attached to an aromatic ring is 1. The third kappa shape index (κ3) is 3.47. The van der Waals surface area contributed by atoms with E-state index in [1.54, 1.807) is 24.3 Å². The van der Waals surface area contributed by atoms with Gasteiger partial charge in [-0.05, 0) is 42.0 Å². The third-order valence-electron chi connectivity index (χ3n) is 5.27. The van der Waals surface area contributed by atoms with Gasteiger partial charge in [-0.2, -0.15) is 0 Å². The topological polar surface area (TPSA) is 72.6 Å². The second-order valence-electron chi connectivity index (χ2n) is 7.39. The number of nitrogens with two attached hydrogens (primary N) is 1. The summed E-state index contributed by atoms with van der Waals surface area (Å²) in [6.07, 6.45) is 8.87. The number of hydrogen-bond donors (Lipinski definition) is 1. The first kappa shape index (κ1) is 18.7. The van der Waals surface area contributed by atoms with Crippen molar-refractivity contribution in [2.75, 3.05) is 24.7 Å². The Morgan fingerprint density at radius 3 is 2.45 bits per heavy atom. The van der Waals surface area contributed by atoms with E-state index in [1.807, 2.05) is 61.5 Å². The van der Waals surface area contributed by atoms with Crippen LogP contribution in [-0.2, 0) is 4.74 Å². The summed E-state index contributed by atoms with van der Waals surface area (Å²) in [5, 5.41) is 0. The van der Waals surface area contributed by atoms with Crippen molar-refractivity contribution in [3.63, 3.8) is 0 Å². The zero-order valence-corrected chi connectivity index (χ0v) is 16.3. The van der Waals surface area contributed by atoms with E-state index >= 15 is 0 Å². The maximum atomic E-state index is 12.9. The second-order valence-corrected chi connectivity index (χ2v) is 7.39. The molecule has 1 aliphatic carbocycles. The number of carbonyl (C=O) groups is 2. The maximum Gasteiger partial charge on any atom is 0.177 e. The fraction of sp³-hybridized carbons (Fsp3) is 0.167. The molecule has 1 aliphatic heterocycles. The van der Waals surface area contributed by atoms with Gasteiger partial charge in [0.25, 0.3) is 0 Å². The molecule has 2 aromatic carbocycles. The first-order chi connectivity index (χ1) is 14.0. The van der Waals surface area contributed by atoms with Crippen molar-refractivity contribution < 1.29 is 14.3 Å². The van der Waals surface area contributed by atoms with Gasteiger partial charge in [0.2, 0.25) is 0 Å². The van der Waals surface area contributed by atoms with Crippen LogP contribution >= 0.6 is 0 Å². The highest BCUT2D eigenvalue weighted by Gasteiger charge is 2.43. The molecule has 1 heterocycles.